The van der Waals surface area contributed by atoms with Gasteiger partial charge in [-0.05, 0) is 30.5 Å². The van der Waals surface area contributed by atoms with Crippen molar-refractivity contribution in [2.45, 2.75) is 19.6 Å². The second kappa shape index (κ2) is 7.81. The van der Waals surface area contributed by atoms with Gasteiger partial charge in [-0.2, -0.15) is 0 Å². The Morgan fingerprint density at radius 2 is 1.96 bits per heavy atom. The first-order chi connectivity index (χ1) is 12.1. The van der Waals surface area contributed by atoms with Gasteiger partial charge in [-0.1, -0.05) is 35.9 Å². The van der Waals surface area contributed by atoms with Gasteiger partial charge in [0.25, 0.3) is 5.91 Å². The van der Waals surface area contributed by atoms with E-state index < -0.39 is 12.1 Å². The van der Waals surface area contributed by atoms with Crippen molar-refractivity contribution in [1.29, 1.82) is 0 Å². The zero-order valence-electron chi connectivity index (χ0n) is 13.6. The lowest BCUT2D eigenvalue weighted by Crippen LogP contribution is -2.31. The molecular weight excluding hydrogens is 338 g/mol. The number of furan rings is 1. The third kappa shape index (κ3) is 4.36. The Morgan fingerprint density at radius 1 is 1.16 bits per heavy atom. The van der Waals surface area contributed by atoms with Crippen molar-refractivity contribution in [2.75, 3.05) is 0 Å². The van der Waals surface area contributed by atoms with Crippen LogP contribution in [0.3, 0.4) is 0 Å². The molecule has 2 aromatic heterocycles. The van der Waals surface area contributed by atoms with Crippen LogP contribution in [0.2, 0.25) is 0 Å². The summed E-state index contributed by atoms with van der Waals surface area (Å²) in [5, 5.41) is 4.75. The minimum Gasteiger partial charge on any atom is -0.457 e. The number of ether oxygens (including phenoxy) is 1. The summed E-state index contributed by atoms with van der Waals surface area (Å²) in [5.41, 5.74) is 1.66. The molecule has 1 amide bonds. The second-order valence-corrected chi connectivity index (χ2v) is 6.50. The first-order valence-corrected chi connectivity index (χ1v) is 8.62. The number of carbonyl (C=O) groups is 2. The van der Waals surface area contributed by atoms with Crippen molar-refractivity contribution in [1.82, 2.24) is 5.32 Å². The molecule has 0 aliphatic heterocycles. The van der Waals surface area contributed by atoms with Crippen LogP contribution in [0.1, 0.15) is 32.7 Å². The molecule has 3 aromatic rings. The van der Waals surface area contributed by atoms with E-state index in [-0.39, 0.29) is 11.7 Å². The average Bonchev–Trinajstić information content (AvgIpc) is 3.31. The largest absolute Gasteiger partial charge is 0.457 e. The van der Waals surface area contributed by atoms with Crippen molar-refractivity contribution in [3.05, 3.63) is 81.9 Å². The van der Waals surface area contributed by atoms with Gasteiger partial charge in [-0.15, -0.1) is 11.3 Å². The Bertz CT molecular complexity index is 823. The number of amides is 1. The molecular formula is C19H17NO4S. The molecule has 0 unspecified atom stereocenters. The van der Waals surface area contributed by atoms with Crippen LogP contribution in [-0.4, -0.2) is 11.9 Å². The van der Waals surface area contributed by atoms with Gasteiger partial charge in [0, 0.05) is 10.4 Å². The topological polar surface area (TPSA) is 68.5 Å². The predicted octanol–water partition coefficient (Wildman–Crippen LogP) is 3.86. The van der Waals surface area contributed by atoms with E-state index in [4.69, 9.17) is 9.15 Å². The van der Waals surface area contributed by atoms with E-state index in [0.717, 1.165) is 10.4 Å². The highest BCUT2D eigenvalue weighted by Crippen LogP contribution is 2.21. The number of esters is 1. The summed E-state index contributed by atoms with van der Waals surface area (Å²) in [7, 11) is 0. The van der Waals surface area contributed by atoms with Gasteiger partial charge >= 0.3 is 5.97 Å². The van der Waals surface area contributed by atoms with E-state index in [1.807, 2.05) is 36.6 Å². The summed E-state index contributed by atoms with van der Waals surface area (Å²) in [6, 6.07) is 14.2. The summed E-state index contributed by atoms with van der Waals surface area (Å²) in [6.07, 6.45) is 0.340. The van der Waals surface area contributed by atoms with Crippen molar-refractivity contribution in [3.63, 3.8) is 0 Å². The first kappa shape index (κ1) is 17.0. The third-order valence-electron chi connectivity index (χ3n) is 3.58. The molecule has 2 heterocycles. The number of hydrogen-bond acceptors (Lipinski definition) is 5. The number of aryl methyl sites for hydroxylation is 1. The van der Waals surface area contributed by atoms with Crippen LogP contribution in [0, 0.1) is 6.92 Å². The lowest BCUT2D eigenvalue weighted by atomic mass is 10.1. The van der Waals surface area contributed by atoms with Crippen LogP contribution >= 0.6 is 11.3 Å². The molecule has 1 N–H and O–H groups in total. The van der Waals surface area contributed by atoms with Crippen molar-refractivity contribution in [3.8, 4) is 0 Å². The zero-order valence-corrected chi connectivity index (χ0v) is 14.4. The van der Waals surface area contributed by atoms with E-state index in [0.29, 0.717) is 12.1 Å². The minimum absolute atomic E-state index is 0.0585. The first-order valence-electron chi connectivity index (χ1n) is 7.74. The van der Waals surface area contributed by atoms with Crippen LogP contribution in [0.15, 0.2) is 64.6 Å². The van der Waals surface area contributed by atoms with Crippen LogP contribution in [-0.2, 0) is 16.1 Å². The minimum atomic E-state index is -1.04. The molecule has 1 aromatic carbocycles. The maximum atomic E-state index is 12.6. The highest BCUT2D eigenvalue weighted by atomic mass is 32.1. The number of benzene rings is 1. The van der Waals surface area contributed by atoms with Gasteiger partial charge in [0.1, 0.15) is 0 Å². The molecule has 3 rings (SSSR count). The summed E-state index contributed by atoms with van der Waals surface area (Å²) in [4.78, 5) is 25.8. The fourth-order valence-corrected chi connectivity index (χ4v) is 2.90. The zero-order chi connectivity index (χ0) is 17.6. The van der Waals surface area contributed by atoms with Gasteiger partial charge in [-0.3, -0.25) is 4.79 Å². The maximum absolute atomic E-state index is 12.6. The van der Waals surface area contributed by atoms with Crippen molar-refractivity contribution >= 4 is 23.2 Å². The summed E-state index contributed by atoms with van der Waals surface area (Å²) in [6.45, 7) is 2.33. The lowest BCUT2D eigenvalue weighted by molar-refractivity contribution is -0.130. The fraction of sp³-hybridized carbons (Fsp3) is 0.158. The number of thiophene rings is 1. The van der Waals surface area contributed by atoms with Gasteiger partial charge in [0.15, 0.2) is 0 Å². The predicted molar refractivity (Wildman–Crippen MR) is 94.2 cm³/mol. The molecule has 0 spiro atoms. The van der Waals surface area contributed by atoms with E-state index in [1.54, 1.807) is 29.5 Å². The standard InChI is InChI=1S/C19H17NO4S/c1-13-6-8-14(9-7-13)17(24-19(22)16-5-2-10-23-16)18(21)20-12-15-4-3-11-25-15/h2-11,17H,12H2,1H3,(H,20,21)/t17-/m1/s1. The molecule has 0 bridgehead atoms. The van der Waals surface area contributed by atoms with Crippen LogP contribution in [0.25, 0.3) is 0 Å². The maximum Gasteiger partial charge on any atom is 0.375 e. The molecule has 0 fully saturated rings. The molecule has 0 radical (unpaired) electrons. The highest BCUT2D eigenvalue weighted by Gasteiger charge is 2.26. The molecule has 0 aliphatic rings. The summed E-state index contributed by atoms with van der Waals surface area (Å²) in [5.74, 6) is -0.998. The molecule has 0 saturated heterocycles. The fourth-order valence-electron chi connectivity index (χ4n) is 2.25. The lowest BCUT2D eigenvalue weighted by Gasteiger charge is -2.17. The Hall–Kier alpha value is -2.86. The SMILES string of the molecule is Cc1ccc([C@@H](OC(=O)c2ccco2)C(=O)NCc2cccs2)cc1. The van der Waals surface area contributed by atoms with Crippen molar-refractivity contribution < 1.29 is 18.7 Å². The van der Waals surface area contributed by atoms with Gasteiger partial charge in [0.2, 0.25) is 11.9 Å². The van der Waals surface area contributed by atoms with Crippen LogP contribution in [0.4, 0.5) is 0 Å². The second-order valence-electron chi connectivity index (χ2n) is 5.47. The average molecular weight is 355 g/mol. The van der Waals surface area contributed by atoms with E-state index >= 15 is 0 Å². The van der Waals surface area contributed by atoms with E-state index in [9.17, 15) is 9.59 Å². The number of rotatable bonds is 6. The van der Waals surface area contributed by atoms with Gasteiger partial charge in [0.05, 0.1) is 12.8 Å². The Kier molecular flexibility index (Phi) is 5.30. The van der Waals surface area contributed by atoms with Crippen LogP contribution < -0.4 is 5.32 Å². The smallest absolute Gasteiger partial charge is 0.375 e. The van der Waals surface area contributed by atoms with Gasteiger partial charge < -0.3 is 14.5 Å². The highest BCUT2D eigenvalue weighted by molar-refractivity contribution is 7.09. The Balaban J connectivity index is 1.76. The Morgan fingerprint density at radius 3 is 2.60 bits per heavy atom. The number of nitrogens with one attached hydrogen (secondary N) is 1. The monoisotopic (exact) mass is 355 g/mol. The number of carbonyl (C=O) groups excluding carboxylic acids is 2. The van der Waals surface area contributed by atoms with Crippen molar-refractivity contribution in [2.24, 2.45) is 0 Å². The quantitative estimate of drug-likeness (QED) is 0.682. The van der Waals surface area contributed by atoms with Gasteiger partial charge in [-0.25, -0.2) is 4.79 Å². The molecule has 128 valence electrons. The molecule has 6 heteroatoms. The van der Waals surface area contributed by atoms with E-state index in [1.165, 1.54) is 12.3 Å². The molecule has 0 saturated carbocycles. The molecule has 0 aliphatic carbocycles. The third-order valence-corrected chi connectivity index (χ3v) is 4.46. The number of hydrogen-bond donors (Lipinski definition) is 1. The molecule has 5 nitrogen and oxygen atoms in total. The normalized spacial score (nSPS) is 11.7. The molecule has 1 atom stereocenters. The summed E-state index contributed by atoms with van der Waals surface area (Å²) < 4.78 is 10.5. The van der Waals surface area contributed by atoms with Crippen LogP contribution in [0.5, 0.6) is 0 Å². The Labute approximate surface area is 149 Å². The summed E-state index contributed by atoms with van der Waals surface area (Å²) >= 11 is 1.55. The van der Waals surface area contributed by atoms with E-state index in [2.05, 4.69) is 5.32 Å². The molecule has 25 heavy (non-hydrogen) atoms.